The van der Waals surface area contributed by atoms with Crippen LogP contribution in [0.15, 0.2) is 170 Å². The summed E-state index contributed by atoms with van der Waals surface area (Å²) in [4.78, 5) is 37.8. The number of aryl methyl sites for hydroxylation is 3. The maximum absolute atomic E-state index is 11.6. The second kappa shape index (κ2) is 29.3. The summed E-state index contributed by atoms with van der Waals surface area (Å²) in [5.74, 6) is -2.25. The highest BCUT2D eigenvalue weighted by Crippen LogP contribution is 2.32. The molecule has 0 fully saturated rings. The molecule has 13 heteroatoms. The number of carbonyl (C=O) groups excluding carboxylic acids is 1. The Morgan fingerprint density at radius 3 is 1.25 bits per heavy atom. The van der Waals surface area contributed by atoms with E-state index >= 15 is 0 Å². The lowest BCUT2D eigenvalue weighted by Crippen LogP contribution is -2.19. The number of halogens is 3. The van der Waals surface area contributed by atoms with Gasteiger partial charge < -0.3 is 10.2 Å². The van der Waals surface area contributed by atoms with Gasteiger partial charge >= 0.3 is 11.9 Å². The number of thiol groups is 1. The van der Waals surface area contributed by atoms with Crippen molar-refractivity contribution < 1.29 is 29.8 Å². The van der Waals surface area contributed by atoms with Crippen LogP contribution < -0.4 is 5.48 Å². The van der Waals surface area contributed by atoms with Crippen molar-refractivity contribution in [3.8, 4) is 0 Å². The van der Waals surface area contributed by atoms with E-state index < -0.39 is 17.8 Å². The lowest BCUT2D eigenvalue weighted by molar-refractivity contribution is 0.0683. The fraction of sp³-hybridized carbons (Fsp3) is 0.152. The van der Waals surface area contributed by atoms with Crippen molar-refractivity contribution in [3.63, 3.8) is 0 Å². The van der Waals surface area contributed by atoms with Crippen molar-refractivity contribution in [2.24, 2.45) is 0 Å². The minimum Gasteiger partial charge on any atom is -0.478 e. The molecule has 0 spiro atoms. The van der Waals surface area contributed by atoms with Crippen LogP contribution in [0.2, 0.25) is 0 Å². The first-order chi connectivity index (χ1) is 28.4. The summed E-state index contributed by atoms with van der Waals surface area (Å²) >= 11 is 18.7. The zero-order chi connectivity index (χ0) is 43.6. The molecule has 0 saturated heterocycles. The maximum atomic E-state index is 11.6. The molecule has 310 valence electrons. The Labute approximate surface area is 384 Å². The second-order valence-electron chi connectivity index (χ2n) is 11.8. The summed E-state index contributed by atoms with van der Waals surface area (Å²) in [6.45, 7) is 6.37. The molecule has 0 aliphatic heterocycles. The smallest absolute Gasteiger partial charge is 0.336 e. The van der Waals surface area contributed by atoms with Crippen molar-refractivity contribution in [3.05, 3.63) is 183 Å². The summed E-state index contributed by atoms with van der Waals surface area (Å²) < 4.78 is 0.771. The van der Waals surface area contributed by atoms with Gasteiger partial charge in [0.1, 0.15) is 0 Å². The van der Waals surface area contributed by atoms with Crippen molar-refractivity contribution in [2.45, 2.75) is 64.5 Å². The van der Waals surface area contributed by atoms with E-state index in [9.17, 15) is 14.4 Å². The van der Waals surface area contributed by atoms with Crippen LogP contribution in [0.5, 0.6) is 0 Å². The number of hydroxylamine groups is 1. The average Bonchev–Trinajstić information content (AvgIpc) is 3.25. The van der Waals surface area contributed by atoms with E-state index in [4.69, 9.17) is 38.6 Å². The number of rotatable bonds is 10. The minimum absolute atomic E-state index is 0.194. The number of nitrogens with one attached hydrogen (secondary N) is 1. The van der Waals surface area contributed by atoms with Crippen LogP contribution in [0.25, 0.3) is 0 Å². The van der Waals surface area contributed by atoms with E-state index in [-0.39, 0.29) is 5.34 Å². The van der Waals surface area contributed by atoms with Crippen LogP contribution in [0.3, 0.4) is 0 Å². The Balaban J connectivity index is 0.000000277. The van der Waals surface area contributed by atoms with E-state index in [2.05, 4.69) is 69.8 Å². The molecule has 0 unspecified atom stereocenters. The highest BCUT2D eigenvalue weighted by molar-refractivity contribution is 14.1. The van der Waals surface area contributed by atoms with Gasteiger partial charge in [-0.05, 0) is 131 Å². The molecule has 0 heterocycles. The molecule has 0 atom stereocenters. The first kappa shape index (κ1) is 51.2. The number of carboxylic acid groups (broad SMARTS) is 2. The average molecular weight is 1000 g/mol. The molecule has 6 aromatic carbocycles. The molecule has 1 amide bonds. The van der Waals surface area contributed by atoms with Crippen LogP contribution in [-0.4, -0.2) is 38.6 Å². The van der Waals surface area contributed by atoms with E-state index in [1.807, 2.05) is 89.3 Å². The summed E-state index contributed by atoms with van der Waals surface area (Å²) in [5.41, 5.74) is 6.79. The van der Waals surface area contributed by atoms with Crippen LogP contribution in [0.1, 0.15) is 68.5 Å². The van der Waals surface area contributed by atoms with Crippen molar-refractivity contribution in [2.75, 3.05) is 5.34 Å². The lowest BCUT2D eigenvalue weighted by Gasteiger charge is -2.07. The molecule has 0 bridgehead atoms. The molecule has 7 nitrogen and oxygen atoms in total. The van der Waals surface area contributed by atoms with Crippen LogP contribution in [0, 0.1) is 3.57 Å². The molecule has 0 aliphatic carbocycles. The van der Waals surface area contributed by atoms with Gasteiger partial charge in [-0.2, -0.15) is 0 Å². The molecule has 0 aliphatic rings. The summed E-state index contributed by atoms with van der Waals surface area (Å²) in [5, 5.41) is 26.6. The molecule has 4 N–H and O–H groups in total. The fourth-order valence-corrected chi connectivity index (χ4v) is 7.39. The Morgan fingerprint density at radius 1 is 0.559 bits per heavy atom. The zero-order valence-electron chi connectivity index (χ0n) is 32.6. The van der Waals surface area contributed by atoms with Gasteiger partial charge in [0.05, 0.1) is 22.0 Å². The standard InChI is InChI=1S/C15H15NO2S.C15H14O2S.C8H10S.C7H5IO2.CH2Cl2/c1-2-11-7-9-12(10-8-11)19-14-6-4-3-5-13(14)15(17)16-18;1-2-11-7-9-12(10-8-11)18-14-6-4-3-5-13(14)15(16)17;1-2-7-3-5-8(9)6-4-7;8-6-4-2-1-3-5(6)7(9)10;2-1-3/h3-10,18H,2H2,1H3,(H,16,17);3-10H,2H2,1H3,(H,16,17);3-6,9H,2H2,1H3;1-4H,(H,9,10);1H2. The molecule has 0 saturated carbocycles. The monoisotopic (exact) mass is 1000 g/mol. The summed E-state index contributed by atoms with van der Waals surface area (Å²) in [6, 6.07) is 45.8. The molecular formula is C46H46Cl2INO6S3. The van der Waals surface area contributed by atoms with Gasteiger partial charge in [0.2, 0.25) is 0 Å². The Morgan fingerprint density at radius 2 is 0.898 bits per heavy atom. The highest BCUT2D eigenvalue weighted by Gasteiger charge is 2.12. The van der Waals surface area contributed by atoms with Crippen LogP contribution in [0.4, 0.5) is 0 Å². The van der Waals surface area contributed by atoms with Crippen LogP contribution in [-0.2, 0) is 19.3 Å². The molecule has 6 aromatic rings. The number of hydrogen-bond donors (Lipinski definition) is 5. The number of carboxylic acids is 2. The van der Waals surface area contributed by atoms with Crippen molar-refractivity contribution >= 4 is 99.8 Å². The number of aromatic carboxylic acids is 2. The lowest BCUT2D eigenvalue weighted by atomic mass is 10.2. The van der Waals surface area contributed by atoms with E-state index in [0.717, 1.165) is 47.3 Å². The first-order valence-corrected chi connectivity index (χ1v) is 22.4. The minimum atomic E-state index is -0.886. The normalized spacial score (nSPS) is 9.76. The highest BCUT2D eigenvalue weighted by atomic mass is 127. The van der Waals surface area contributed by atoms with Gasteiger partial charge in [0.25, 0.3) is 5.91 Å². The largest absolute Gasteiger partial charge is 0.478 e. The number of carbonyl (C=O) groups is 3. The SMILES string of the molecule is CCc1ccc(S)cc1.CCc1ccc(Sc2ccccc2C(=O)NO)cc1.CCc1ccc(Sc2ccccc2C(=O)O)cc1.ClCCl.O=C(O)c1ccccc1I. The molecule has 0 aromatic heterocycles. The van der Waals surface area contributed by atoms with Gasteiger partial charge in [-0.3, -0.25) is 10.0 Å². The molecule has 6 rings (SSSR count). The van der Waals surface area contributed by atoms with Gasteiger partial charge in [-0.1, -0.05) is 117 Å². The van der Waals surface area contributed by atoms with Gasteiger partial charge in [0.15, 0.2) is 0 Å². The second-order valence-corrected chi connectivity index (χ2v) is 16.6. The number of amides is 1. The molecular weight excluding hydrogens is 957 g/mol. The fourth-order valence-electron chi connectivity index (χ4n) is 4.74. The number of alkyl halides is 2. The van der Waals surface area contributed by atoms with Crippen molar-refractivity contribution in [1.82, 2.24) is 5.48 Å². The molecule has 59 heavy (non-hydrogen) atoms. The van der Waals surface area contributed by atoms with E-state index in [0.29, 0.717) is 16.7 Å². The Kier molecular flexibility index (Phi) is 25.4. The first-order valence-electron chi connectivity index (χ1n) is 18.2. The Hall–Kier alpha value is -3.95. The van der Waals surface area contributed by atoms with E-state index in [1.54, 1.807) is 47.9 Å². The van der Waals surface area contributed by atoms with Gasteiger partial charge in [0, 0.05) is 28.0 Å². The Bertz CT molecular complexity index is 2170. The predicted molar refractivity (Wildman–Crippen MR) is 255 cm³/mol. The third kappa shape index (κ3) is 19.3. The van der Waals surface area contributed by atoms with E-state index in [1.165, 1.54) is 40.2 Å². The third-order valence-electron chi connectivity index (χ3n) is 7.92. The predicted octanol–water partition coefficient (Wildman–Crippen LogP) is 13.6. The molecule has 0 radical (unpaired) electrons. The van der Waals surface area contributed by atoms with Crippen molar-refractivity contribution in [1.29, 1.82) is 0 Å². The summed E-state index contributed by atoms with van der Waals surface area (Å²) in [6.07, 6.45) is 3.12. The number of benzene rings is 6. The third-order valence-corrected chi connectivity index (χ3v) is 11.3. The zero-order valence-corrected chi connectivity index (χ0v) is 38.8. The van der Waals surface area contributed by atoms with Crippen LogP contribution >= 0.6 is 81.9 Å². The number of hydrogen-bond acceptors (Lipinski definition) is 7. The quantitative estimate of drug-likeness (QED) is 0.0302. The topological polar surface area (TPSA) is 124 Å². The maximum Gasteiger partial charge on any atom is 0.336 e. The van der Waals surface area contributed by atoms with Gasteiger partial charge in [-0.15, -0.1) is 35.8 Å². The summed E-state index contributed by atoms with van der Waals surface area (Å²) in [7, 11) is 0. The van der Waals surface area contributed by atoms with Gasteiger partial charge in [-0.25, -0.2) is 15.1 Å².